The minimum atomic E-state index is -6.72. The lowest BCUT2D eigenvalue weighted by molar-refractivity contribution is -0.870. The van der Waals surface area contributed by atoms with Crippen molar-refractivity contribution in [1.82, 2.24) is 0 Å². The van der Waals surface area contributed by atoms with E-state index in [0.717, 1.165) is 8.61 Å². The lowest BCUT2D eigenvalue weighted by Crippen LogP contribution is -2.35. The van der Waals surface area contributed by atoms with Gasteiger partial charge in [0.05, 0.1) is 27.7 Å². The van der Waals surface area contributed by atoms with Gasteiger partial charge >= 0.3 is 11.0 Å². The third-order valence-electron chi connectivity index (χ3n) is 1.96. The normalized spacial score (nSPS) is 14.2. The molecule has 0 saturated heterocycles. The number of rotatable bonds is 5. The summed E-state index contributed by atoms with van der Waals surface area (Å²) in [5.41, 5.74) is -12.4. The van der Waals surface area contributed by atoms with Gasteiger partial charge in [0.15, 0.2) is 20.0 Å². The Bertz CT molecular complexity index is 518. The molecule has 0 aliphatic rings. The third-order valence-corrected chi connectivity index (χ3v) is 4.70. The van der Waals surface area contributed by atoms with Gasteiger partial charge in [-0.15, -0.1) is 0 Å². The van der Waals surface area contributed by atoms with Crippen molar-refractivity contribution in [1.29, 1.82) is 0 Å². The highest BCUT2D eigenvalue weighted by Gasteiger charge is 2.46. The second-order valence-electron chi connectivity index (χ2n) is 5.28. The second-order valence-corrected chi connectivity index (χ2v) is 8.71. The van der Waals surface area contributed by atoms with Crippen molar-refractivity contribution in [2.75, 3.05) is 27.7 Å². The molecule has 23 heavy (non-hydrogen) atoms. The second kappa shape index (κ2) is 7.98. The highest BCUT2D eigenvalue weighted by molar-refractivity contribution is 8.13. The molecule has 6 nitrogen and oxygen atoms in total. The van der Waals surface area contributed by atoms with Crippen LogP contribution >= 0.6 is 0 Å². The minimum absolute atomic E-state index is 0.778. The van der Waals surface area contributed by atoms with E-state index in [1.807, 2.05) is 0 Å². The standard InChI is InChI=1S/C7H18N.C2F6NO4S2/c1-5-6-7-8(2,3)4;3-1(4,5)14(10,11)9-15(12,13)2(6,7)8/h5-7H2,1-4H3;/q+1;-1. The molecule has 0 radical (unpaired) electrons. The molecule has 0 aromatic carbocycles. The molecular formula is C9H18F6N2O4S2. The highest BCUT2D eigenvalue weighted by atomic mass is 32.3. The van der Waals surface area contributed by atoms with Crippen LogP contribution in [-0.2, 0) is 20.0 Å². The predicted molar refractivity (Wildman–Crippen MR) is 71.1 cm³/mol. The molecule has 142 valence electrons. The van der Waals surface area contributed by atoms with Crippen molar-refractivity contribution in [2.45, 2.75) is 30.8 Å². The molecule has 0 rings (SSSR count). The molecule has 0 atom stereocenters. The molecule has 0 amide bonds. The Morgan fingerprint density at radius 1 is 0.826 bits per heavy atom. The molecule has 0 spiro atoms. The molecule has 0 aliphatic carbocycles. The van der Waals surface area contributed by atoms with Crippen LogP contribution in [0.2, 0.25) is 0 Å². The van der Waals surface area contributed by atoms with Gasteiger partial charge in [-0.1, -0.05) is 13.3 Å². The summed E-state index contributed by atoms with van der Waals surface area (Å²) < 4.78 is 110. The lowest BCUT2D eigenvalue weighted by Gasteiger charge is -2.23. The summed E-state index contributed by atoms with van der Waals surface area (Å²) in [6.45, 7) is 3.53. The van der Waals surface area contributed by atoms with E-state index in [9.17, 15) is 43.2 Å². The number of alkyl halides is 6. The SMILES string of the molecule is CCCC[N+](C)(C)C.O=S(=O)([N-]S(=O)(=O)C(F)(F)F)C(F)(F)F. The van der Waals surface area contributed by atoms with Crippen molar-refractivity contribution in [3.05, 3.63) is 4.13 Å². The molecule has 0 aromatic heterocycles. The molecule has 0 bridgehead atoms. The summed E-state index contributed by atoms with van der Waals surface area (Å²) in [6, 6.07) is 0. The van der Waals surface area contributed by atoms with E-state index in [1.165, 1.54) is 19.4 Å². The van der Waals surface area contributed by atoms with Crippen molar-refractivity contribution in [3.8, 4) is 0 Å². The van der Waals surface area contributed by atoms with Crippen LogP contribution < -0.4 is 0 Å². The summed E-state index contributed by atoms with van der Waals surface area (Å²) in [5, 5.41) is 0. The largest absolute Gasteiger partial charge is 0.480 e. The van der Waals surface area contributed by atoms with Crippen LogP contribution in [0.3, 0.4) is 0 Å². The van der Waals surface area contributed by atoms with Gasteiger partial charge in [0.25, 0.3) is 0 Å². The Morgan fingerprint density at radius 3 is 1.26 bits per heavy atom. The molecule has 0 N–H and O–H groups in total. The van der Waals surface area contributed by atoms with Crippen LogP contribution in [0.1, 0.15) is 19.8 Å². The van der Waals surface area contributed by atoms with E-state index in [1.54, 1.807) is 0 Å². The fourth-order valence-electron chi connectivity index (χ4n) is 0.846. The van der Waals surface area contributed by atoms with Gasteiger partial charge in [0.2, 0.25) is 0 Å². The number of unbranched alkanes of at least 4 members (excludes halogenated alkanes) is 1. The number of hydrogen-bond acceptors (Lipinski definition) is 4. The predicted octanol–water partition coefficient (Wildman–Crippen LogP) is 2.55. The van der Waals surface area contributed by atoms with E-state index in [0.29, 0.717) is 0 Å². The Balaban J connectivity index is 0. The van der Waals surface area contributed by atoms with Crippen molar-refractivity contribution < 1.29 is 47.7 Å². The average Bonchev–Trinajstić information content (AvgIpc) is 2.21. The fraction of sp³-hybridized carbons (Fsp3) is 1.00. The molecule has 0 heterocycles. The average molecular weight is 396 g/mol. The Morgan fingerprint density at radius 2 is 1.13 bits per heavy atom. The van der Waals surface area contributed by atoms with Crippen molar-refractivity contribution in [3.63, 3.8) is 0 Å². The van der Waals surface area contributed by atoms with Crippen molar-refractivity contribution >= 4 is 20.0 Å². The topological polar surface area (TPSA) is 82.4 Å². The summed E-state index contributed by atoms with van der Waals surface area (Å²) >= 11 is 0. The summed E-state index contributed by atoms with van der Waals surface area (Å²) in [6.07, 6.45) is 2.67. The molecule has 0 aromatic rings. The Labute approximate surface area is 131 Å². The van der Waals surface area contributed by atoms with Crippen LogP contribution in [0.5, 0.6) is 0 Å². The van der Waals surface area contributed by atoms with Gasteiger partial charge in [-0.05, 0) is 6.42 Å². The monoisotopic (exact) mass is 396 g/mol. The third kappa shape index (κ3) is 9.99. The van der Waals surface area contributed by atoms with Crippen LogP contribution in [0.15, 0.2) is 0 Å². The number of nitrogens with zero attached hydrogens (tertiary/aromatic N) is 2. The lowest BCUT2D eigenvalue weighted by atomic mass is 10.3. The molecule has 0 saturated carbocycles. The fourth-order valence-corrected chi connectivity index (χ4v) is 2.56. The van der Waals surface area contributed by atoms with Crippen LogP contribution in [0.4, 0.5) is 26.3 Å². The van der Waals surface area contributed by atoms with Crippen LogP contribution in [0, 0.1) is 0 Å². The molecule has 14 heteroatoms. The van der Waals surface area contributed by atoms with Gasteiger partial charge in [0.1, 0.15) is 0 Å². The minimum Gasteiger partial charge on any atom is -0.421 e. The molecule has 0 aliphatic heterocycles. The zero-order valence-electron chi connectivity index (χ0n) is 12.7. The molecular weight excluding hydrogens is 378 g/mol. The maximum atomic E-state index is 11.4. The van der Waals surface area contributed by atoms with E-state index in [-0.39, 0.29) is 0 Å². The van der Waals surface area contributed by atoms with Crippen LogP contribution in [-0.4, -0.2) is 60.0 Å². The zero-order valence-corrected chi connectivity index (χ0v) is 14.4. The number of sulfonamides is 2. The van der Waals surface area contributed by atoms with E-state index < -0.39 is 31.1 Å². The van der Waals surface area contributed by atoms with Gasteiger partial charge < -0.3 is 8.61 Å². The summed E-state index contributed by atoms with van der Waals surface area (Å²) in [4.78, 5) is 0. The zero-order chi connectivity index (χ0) is 19.3. The summed E-state index contributed by atoms with van der Waals surface area (Å²) in [5.74, 6) is 0. The number of hydrogen-bond donors (Lipinski definition) is 0. The molecule has 0 fully saturated rings. The Hall–Kier alpha value is -0.600. The first-order valence-electron chi connectivity index (χ1n) is 5.94. The van der Waals surface area contributed by atoms with E-state index in [2.05, 4.69) is 28.1 Å². The van der Waals surface area contributed by atoms with Gasteiger partial charge in [-0.2, -0.15) is 26.3 Å². The first kappa shape index (κ1) is 24.6. The first-order chi connectivity index (χ1) is 9.77. The molecule has 0 unspecified atom stereocenters. The van der Waals surface area contributed by atoms with Gasteiger partial charge in [-0.3, -0.25) is 0 Å². The maximum absolute atomic E-state index is 11.4. The maximum Gasteiger partial charge on any atom is 0.480 e. The Kier molecular flexibility index (Phi) is 8.56. The smallest absolute Gasteiger partial charge is 0.421 e. The van der Waals surface area contributed by atoms with Gasteiger partial charge in [-0.25, -0.2) is 16.8 Å². The highest BCUT2D eigenvalue weighted by Crippen LogP contribution is 2.36. The van der Waals surface area contributed by atoms with Gasteiger partial charge in [0, 0.05) is 0 Å². The number of halogens is 6. The summed E-state index contributed by atoms with van der Waals surface area (Å²) in [7, 11) is -6.75. The quantitative estimate of drug-likeness (QED) is 0.528. The van der Waals surface area contributed by atoms with Crippen molar-refractivity contribution in [2.24, 2.45) is 0 Å². The first-order valence-corrected chi connectivity index (χ1v) is 8.82. The van der Waals surface area contributed by atoms with E-state index in [4.69, 9.17) is 0 Å². The van der Waals surface area contributed by atoms with Crippen LogP contribution in [0.25, 0.3) is 4.13 Å². The number of quaternary nitrogens is 1. The van der Waals surface area contributed by atoms with E-state index >= 15 is 0 Å².